The van der Waals surface area contributed by atoms with Crippen LogP contribution in [0.3, 0.4) is 0 Å². The second-order valence-electron chi connectivity index (χ2n) is 7.58. The number of benzene rings is 1. The number of hydrogen-bond acceptors (Lipinski definition) is 3. The summed E-state index contributed by atoms with van der Waals surface area (Å²) in [7, 11) is 0. The molecule has 0 bridgehead atoms. The number of carbonyl (C=O) groups excluding carboxylic acids is 1. The quantitative estimate of drug-likeness (QED) is 0.783. The number of halogens is 2. The smallest absolute Gasteiger partial charge is 0.273 e. The molecular formula is C20H23BrFN3O2. The van der Waals surface area contributed by atoms with E-state index >= 15 is 0 Å². The minimum atomic E-state index is -0.381. The van der Waals surface area contributed by atoms with E-state index in [2.05, 4.69) is 26.3 Å². The normalized spacial score (nSPS) is 19.9. The molecule has 1 aliphatic carbocycles. The van der Waals surface area contributed by atoms with Gasteiger partial charge in [-0.3, -0.25) is 4.79 Å². The van der Waals surface area contributed by atoms with E-state index in [1.807, 2.05) is 0 Å². The third-order valence-corrected chi connectivity index (χ3v) is 6.50. The highest BCUT2D eigenvalue weighted by Crippen LogP contribution is 2.44. The number of para-hydroxylation sites is 1. The highest BCUT2D eigenvalue weighted by molar-refractivity contribution is 9.10. The van der Waals surface area contributed by atoms with Gasteiger partial charge in [-0.2, -0.15) is 5.10 Å². The van der Waals surface area contributed by atoms with E-state index in [1.165, 1.54) is 10.7 Å². The number of nitrogens with zero attached hydrogens (tertiary/aromatic N) is 2. The molecule has 144 valence electrons. The molecule has 1 aliphatic heterocycles. The van der Waals surface area contributed by atoms with Crippen LogP contribution in [0.1, 0.15) is 49.0 Å². The Morgan fingerprint density at radius 1 is 1.22 bits per heavy atom. The fourth-order valence-electron chi connectivity index (χ4n) is 4.20. The lowest BCUT2D eigenvalue weighted by atomic mass is 9.68. The van der Waals surface area contributed by atoms with Gasteiger partial charge in [0.25, 0.3) is 5.91 Å². The van der Waals surface area contributed by atoms with Crippen molar-refractivity contribution in [2.24, 2.45) is 5.41 Å². The third kappa shape index (κ3) is 3.94. The zero-order valence-corrected chi connectivity index (χ0v) is 16.7. The van der Waals surface area contributed by atoms with Crippen LogP contribution in [-0.2, 0) is 4.74 Å². The van der Waals surface area contributed by atoms with Gasteiger partial charge in [0.15, 0.2) is 5.69 Å². The molecule has 0 unspecified atom stereocenters. The number of rotatable bonds is 3. The number of ether oxygens (including phenoxy) is 1. The van der Waals surface area contributed by atoms with Crippen LogP contribution in [0.4, 0.5) is 4.39 Å². The molecule has 2 aromatic rings. The fourth-order valence-corrected chi connectivity index (χ4v) is 4.65. The molecule has 2 heterocycles. The van der Waals surface area contributed by atoms with Gasteiger partial charge in [0.2, 0.25) is 0 Å². The Morgan fingerprint density at radius 2 is 1.93 bits per heavy atom. The summed E-state index contributed by atoms with van der Waals surface area (Å²) in [6, 6.07) is 6.53. The maximum absolute atomic E-state index is 14.0. The molecule has 1 N–H and O–H groups in total. The maximum atomic E-state index is 14.0. The molecule has 1 saturated carbocycles. The van der Waals surface area contributed by atoms with E-state index < -0.39 is 0 Å². The molecule has 7 heteroatoms. The van der Waals surface area contributed by atoms with E-state index in [0.29, 0.717) is 15.6 Å². The largest absolute Gasteiger partial charge is 0.381 e. The topological polar surface area (TPSA) is 56.1 Å². The Morgan fingerprint density at radius 3 is 2.63 bits per heavy atom. The molecular weight excluding hydrogens is 413 g/mol. The van der Waals surface area contributed by atoms with Crippen LogP contribution in [-0.4, -0.2) is 34.9 Å². The fraction of sp³-hybridized carbons (Fsp3) is 0.500. The molecule has 4 rings (SSSR count). The van der Waals surface area contributed by atoms with Crippen molar-refractivity contribution in [2.45, 2.75) is 44.6 Å². The summed E-state index contributed by atoms with van der Waals surface area (Å²) in [5, 5.41) is 7.40. The average molecular weight is 436 g/mol. The van der Waals surface area contributed by atoms with Crippen LogP contribution in [0.5, 0.6) is 0 Å². The van der Waals surface area contributed by atoms with E-state index in [-0.39, 0.29) is 23.5 Å². The lowest BCUT2D eigenvalue weighted by Crippen LogP contribution is -2.42. The van der Waals surface area contributed by atoms with Crippen LogP contribution in [0, 0.1) is 11.2 Å². The standard InChI is InChI=1S/C20H23BrFN3O2/c21-15-13-25(17-4-2-1-3-16(17)22)24-18(15)19(26)23-14-5-7-20(8-6-14)9-11-27-12-10-20/h1-4,13-14H,5-12H2,(H,23,26). The van der Waals surface area contributed by atoms with Crippen molar-refractivity contribution in [1.82, 2.24) is 15.1 Å². The average Bonchev–Trinajstić information content (AvgIpc) is 3.06. The van der Waals surface area contributed by atoms with Gasteiger partial charge in [0, 0.05) is 25.5 Å². The Balaban J connectivity index is 1.41. The predicted molar refractivity (Wildman–Crippen MR) is 103 cm³/mol. The SMILES string of the molecule is O=C(NC1CCC2(CCOCC2)CC1)c1nn(-c2ccccc2F)cc1Br. The predicted octanol–water partition coefficient (Wildman–Crippen LogP) is 4.24. The number of carbonyl (C=O) groups is 1. The number of aromatic nitrogens is 2. The summed E-state index contributed by atoms with van der Waals surface area (Å²) in [5.74, 6) is -0.599. The van der Waals surface area contributed by atoms with Crippen molar-refractivity contribution in [1.29, 1.82) is 0 Å². The second kappa shape index (κ2) is 7.72. The Bertz CT molecular complexity index is 822. The van der Waals surface area contributed by atoms with Gasteiger partial charge in [-0.05, 0) is 72.0 Å². The van der Waals surface area contributed by atoms with E-state index in [4.69, 9.17) is 4.74 Å². The van der Waals surface area contributed by atoms with E-state index in [0.717, 1.165) is 51.7 Å². The summed E-state index contributed by atoms with van der Waals surface area (Å²) >= 11 is 3.38. The van der Waals surface area contributed by atoms with Gasteiger partial charge >= 0.3 is 0 Å². The first-order valence-electron chi connectivity index (χ1n) is 9.45. The molecule has 2 aliphatic rings. The zero-order valence-electron chi connectivity index (χ0n) is 15.1. The molecule has 1 amide bonds. The minimum absolute atomic E-state index is 0.163. The van der Waals surface area contributed by atoms with Crippen molar-refractivity contribution < 1.29 is 13.9 Å². The summed E-state index contributed by atoms with van der Waals surface area (Å²) in [6.07, 6.45) is 8.11. The Labute approximate surface area is 166 Å². The van der Waals surface area contributed by atoms with E-state index in [1.54, 1.807) is 24.4 Å². The lowest BCUT2D eigenvalue weighted by molar-refractivity contribution is -0.00902. The van der Waals surface area contributed by atoms with Crippen LogP contribution >= 0.6 is 15.9 Å². The first-order chi connectivity index (χ1) is 13.1. The highest BCUT2D eigenvalue weighted by Gasteiger charge is 2.37. The first kappa shape index (κ1) is 18.6. The van der Waals surface area contributed by atoms with Crippen molar-refractivity contribution in [3.8, 4) is 5.69 Å². The maximum Gasteiger partial charge on any atom is 0.273 e. The number of nitrogens with one attached hydrogen (secondary N) is 1. The minimum Gasteiger partial charge on any atom is -0.381 e. The third-order valence-electron chi connectivity index (χ3n) is 5.92. The molecule has 0 radical (unpaired) electrons. The number of amides is 1. The molecule has 27 heavy (non-hydrogen) atoms. The summed E-state index contributed by atoms with van der Waals surface area (Å²) in [5.41, 5.74) is 1.01. The van der Waals surface area contributed by atoms with Crippen LogP contribution in [0.2, 0.25) is 0 Å². The monoisotopic (exact) mass is 435 g/mol. The molecule has 1 aromatic heterocycles. The number of hydrogen-bond donors (Lipinski definition) is 1. The Kier molecular flexibility index (Phi) is 5.32. The second-order valence-corrected chi connectivity index (χ2v) is 8.44. The molecule has 1 aromatic carbocycles. The molecule has 1 spiro atoms. The first-order valence-corrected chi connectivity index (χ1v) is 10.2. The van der Waals surface area contributed by atoms with Crippen molar-refractivity contribution in [2.75, 3.05) is 13.2 Å². The van der Waals surface area contributed by atoms with Gasteiger partial charge in [0.1, 0.15) is 11.5 Å². The molecule has 2 fully saturated rings. The van der Waals surface area contributed by atoms with Gasteiger partial charge < -0.3 is 10.1 Å². The van der Waals surface area contributed by atoms with Crippen LogP contribution in [0.25, 0.3) is 5.69 Å². The van der Waals surface area contributed by atoms with Gasteiger partial charge in [0.05, 0.1) is 4.47 Å². The van der Waals surface area contributed by atoms with E-state index in [9.17, 15) is 9.18 Å². The summed E-state index contributed by atoms with van der Waals surface area (Å²) in [4.78, 5) is 12.7. The van der Waals surface area contributed by atoms with Crippen molar-refractivity contribution in [3.05, 3.63) is 46.4 Å². The summed E-state index contributed by atoms with van der Waals surface area (Å²) in [6.45, 7) is 1.72. The van der Waals surface area contributed by atoms with Crippen LogP contribution in [0.15, 0.2) is 34.9 Å². The molecule has 0 atom stereocenters. The summed E-state index contributed by atoms with van der Waals surface area (Å²) < 4.78 is 21.4. The zero-order chi connectivity index (χ0) is 18.9. The molecule has 1 saturated heterocycles. The van der Waals surface area contributed by atoms with Gasteiger partial charge in [-0.15, -0.1) is 0 Å². The van der Waals surface area contributed by atoms with Crippen molar-refractivity contribution in [3.63, 3.8) is 0 Å². The Hall–Kier alpha value is -1.73. The molecule has 5 nitrogen and oxygen atoms in total. The van der Waals surface area contributed by atoms with Crippen molar-refractivity contribution >= 4 is 21.8 Å². The van der Waals surface area contributed by atoms with Gasteiger partial charge in [-0.25, -0.2) is 9.07 Å². The highest BCUT2D eigenvalue weighted by atomic mass is 79.9. The van der Waals surface area contributed by atoms with Crippen LogP contribution < -0.4 is 5.32 Å². The lowest BCUT2D eigenvalue weighted by Gasteiger charge is -2.42. The van der Waals surface area contributed by atoms with Gasteiger partial charge in [-0.1, -0.05) is 12.1 Å².